The van der Waals surface area contributed by atoms with Gasteiger partial charge in [0.2, 0.25) is 0 Å². The molecule has 310 valence electrons. The Kier molecular flexibility index (Phi) is 14.7. The van der Waals surface area contributed by atoms with E-state index >= 15 is 0 Å². The van der Waals surface area contributed by atoms with Crippen molar-refractivity contribution in [2.75, 3.05) is 0 Å². The van der Waals surface area contributed by atoms with Crippen molar-refractivity contribution in [3.05, 3.63) is 53.1 Å². The first-order chi connectivity index (χ1) is 25.3. The van der Waals surface area contributed by atoms with Gasteiger partial charge in [-0.15, -0.1) is 0 Å². The summed E-state index contributed by atoms with van der Waals surface area (Å²) in [6, 6.07) is 6.30. The Balaban J connectivity index is 1.62. The van der Waals surface area contributed by atoms with Crippen LogP contribution in [-0.2, 0) is 27.9 Å². The summed E-state index contributed by atoms with van der Waals surface area (Å²) in [5.74, 6) is 1.25. The van der Waals surface area contributed by atoms with Gasteiger partial charge in [0, 0.05) is 18.8 Å². The average Bonchev–Trinajstić information content (AvgIpc) is 3.04. The van der Waals surface area contributed by atoms with Gasteiger partial charge in [-0.25, -0.2) is 4.79 Å². The van der Waals surface area contributed by atoms with Crippen LogP contribution in [0.1, 0.15) is 145 Å². The standard InChI is InChI=1S/C46H76O7Si2/c1-17-39(50-43-36(29(2)3)19-18-20-37(43)30(4)5)44(48)51-40-27-34(52-54(13,14)45(7,8)9)25-32-22-21-31(6)38(42(32)40)24-23-33-26-35(28-41(47)49-33)53-55(15,16)46(10,11)12/h18-22,25,29-31,33-35,38-40,42H,17,23-24,26-28H2,1-16H3/t31?,33-,34?,35-,38?,39+,40?,42?/m1/s1. The molecule has 0 saturated carbocycles. The van der Waals surface area contributed by atoms with E-state index in [-0.39, 0.29) is 76.0 Å². The van der Waals surface area contributed by atoms with Crippen LogP contribution in [0.3, 0.4) is 0 Å². The lowest BCUT2D eigenvalue weighted by Gasteiger charge is -2.46. The average molecular weight is 797 g/mol. The molecule has 0 aromatic heterocycles. The van der Waals surface area contributed by atoms with Gasteiger partial charge in [0.15, 0.2) is 22.7 Å². The molecule has 2 aliphatic carbocycles. The highest BCUT2D eigenvalue weighted by molar-refractivity contribution is 6.74. The summed E-state index contributed by atoms with van der Waals surface area (Å²) in [7, 11) is -4.18. The zero-order chi connectivity index (χ0) is 41.3. The van der Waals surface area contributed by atoms with Gasteiger partial charge in [-0.2, -0.15) is 0 Å². The van der Waals surface area contributed by atoms with Crippen molar-refractivity contribution in [3.63, 3.8) is 0 Å². The summed E-state index contributed by atoms with van der Waals surface area (Å²) in [6.07, 6.45) is 8.95. The van der Waals surface area contributed by atoms with E-state index in [2.05, 4.69) is 139 Å². The number of fused-ring (bicyclic) bond motifs is 1. The molecule has 0 amide bonds. The second kappa shape index (κ2) is 17.7. The maximum Gasteiger partial charge on any atom is 0.347 e. The molecule has 1 heterocycles. The normalized spacial score (nSPS) is 27.1. The largest absolute Gasteiger partial charge is 0.478 e. The van der Waals surface area contributed by atoms with Gasteiger partial charge in [-0.1, -0.05) is 120 Å². The number of carbonyl (C=O) groups excluding carboxylic acids is 2. The topological polar surface area (TPSA) is 80.3 Å². The number of ether oxygens (including phenoxy) is 3. The molecule has 1 aliphatic heterocycles. The van der Waals surface area contributed by atoms with Crippen molar-refractivity contribution in [1.82, 2.24) is 0 Å². The zero-order valence-electron chi connectivity index (χ0n) is 37.3. The summed E-state index contributed by atoms with van der Waals surface area (Å²) >= 11 is 0. The molecule has 1 aromatic carbocycles. The van der Waals surface area contributed by atoms with E-state index in [4.69, 9.17) is 23.1 Å². The lowest BCUT2D eigenvalue weighted by Crippen LogP contribution is -2.49. The second-order valence-electron chi connectivity index (χ2n) is 20.4. The Labute approximate surface area is 337 Å². The number of cyclic esters (lactones) is 1. The maximum atomic E-state index is 14.4. The first kappa shape index (κ1) is 45.5. The monoisotopic (exact) mass is 797 g/mol. The van der Waals surface area contributed by atoms with E-state index in [9.17, 15) is 9.59 Å². The molecule has 55 heavy (non-hydrogen) atoms. The molecule has 0 radical (unpaired) electrons. The second-order valence-corrected chi connectivity index (χ2v) is 29.9. The minimum absolute atomic E-state index is 0.00605. The fourth-order valence-corrected chi connectivity index (χ4v) is 10.6. The van der Waals surface area contributed by atoms with Gasteiger partial charge in [-0.05, 0) is 95.9 Å². The Morgan fingerprint density at radius 3 is 2.02 bits per heavy atom. The molecular formula is C46H76O7Si2. The fourth-order valence-electron chi connectivity index (χ4n) is 7.97. The highest BCUT2D eigenvalue weighted by Crippen LogP contribution is 2.47. The number of hydrogen-bond acceptors (Lipinski definition) is 7. The van der Waals surface area contributed by atoms with Gasteiger partial charge < -0.3 is 23.1 Å². The predicted molar refractivity (Wildman–Crippen MR) is 230 cm³/mol. The van der Waals surface area contributed by atoms with Crippen LogP contribution in [0.4, 0.5) is 0 Å². The van der Waals surface area contributed by atoms with Crippen LogP contribution in [0.5, 0.6) is 5.75 Å². The fraction of sp³-hybridized carbons (Fsp3) is 0.739. The zero-order valence-corrected chi connectivity index (χ0v) is 39.3. The molecule has 0 bridgehead atoms. The number of para-hydroxylation sites is 1. The van der Waals surface area contributed by atoms with Crippen LogP contribution >= 0.6 is 0 Å². The minimum atomic E-state index is -2.13. The SMILES string of the molecule is CC[C@H](Oc1c(C(C)C)cccc1C(C)C)C(=O)OC1CC(O[Si](C)(C)C(C)(C)C)C=C2C=CC(C)C(CC[C@@H]3C[C@@H](O[Si](C)(C)C(C)(C)C)CC(=O)O3)C21. The van der Waals surface area contributed by atoms with E-state index in [1.54, 1.807) is 0 Å². The third-order valence-corrected chi connectivity index (χ3v) is 22.4. The molecule has 5 unspecified atom stereocenters. The number of allylic oxidation sites excluding steroid dienone is 2. The molecule has 4 rings (SSSR count). The molecular weight excluding hydrogens is 721 g/mol. The van der Waals surface area contributed by atoms with E-state index in [0.29, 0.717) is 19.3 Å². The van der Waals surface area contributed by atoms with Crippen molar-refractivity contribution in [2.24, 2.45) is 17.8 Å². The number of carbonyl (C=O) groups is 2. The number of benzene rings is 1. The number of esters is 2. The molecule has 0 N–H and O–H groups in total. The van der Waals surface area contributed by atoms with Gasteiger partial charge in [0.05, 0.1) is 18.6 Å². The summed E-state index contributed by atoms with van der Waals surface area (Å²) in [5, 5.41) is 0.100. The van der Waals surface area contributed by atoms with Crippen LogP contribution in [-0.4, -0.2) is 59.1 Å². The van der Waals surface area contributed by atoms with Crippen LogP contribution in [0.25, 0.3) is 0 Å². The van der Waals surface area contributed by atoms with Gasteiger partial charge in [0.1, 0.15) is 18.0 Å². The van der Waals surface area contributed by atoms with E-state index < -0.39 is 22.7 Å². The summed E-state index contributed by atoms with van der Waals surface area (Å²) < 4.78 is 33.1. The molecule has 9 heteroatoms. The minimum Gasteiger partial charge on any atom is -0.478 e. The van der Waals surface area contributed by atoms with Crippen LogP contribution in [0, 0.1) is 17.8 Å². The molecule has 8 atom stereocenters. The maximum absolute atomic E-state index is 14.4. The summed E-state index contributed by atoms with van der Waals surface area (Å²) in [4.78, 5) is 27.3. The Morgan fingerprint density at radius 2 is 1.47 bits per heavy atom. The van der Waals surface area contributed by atoms with Crippen molar-refractivity contribution in [1.29, 1.82) is 0 Å². The smallest absolute Gasteiger partial charge is 0.347 e. The third-order valence-electron chi connectivity index (χ3n) is 13.4. The highest BCUT2D eigenvalue weighted by Gasteiger charge is 2.47. The molecule has 3 aliphatic rings. The highest BCUT2D eigenvalue weighted by atomic mass is 28.4. The van der Waals surface area contributed by atoms with Gasteiger partial charge in [0.25, 0.3) is 0 Å². The molecule has 0 spiro atoms. The van der Waals surface area contributed by atoms with Crippen molar-refractivity contribution >= 4 is 28.6 Å². The van der Waals surface area contributed by atoms with E-state index in [0.717, 1.165) is 36.1 Å². The first-order valence-electron chi connectivity index (χ1n) is 21.3. The number of rotatable bonds is 14. The quantitative estimate of drug-likeness (QED) is 0.137. The molecule has 7 nitrogen and oxygen atoms in total. The van der Waals surface area contributed by atoms with Gasteiger partial charge >= 0.3 is 11.9 Å². The van der Waals surface area contributed by atoms with Crippen molar-refractivity contribution in [3.8, 4) is 5.75 Å². The Morgan fingerprint density at radius 1 is 0.891 bits per heavy atom. The number of hydrogen-bond donors (Lipinski definition) is 0. The molecule has 1 aromatic rings. The lowest BCUT2D eigenvalue weighted by atomic mass is 9.66. The van der Waals surface area contributed by atoms with Crippen molar-refractivity contribution in [2.45, 2.75) is 200 Å². The van der Waals surface area contributed by atoms with Gasteiger partial charge in [-0.3, -0.25) is 4.79 Å². The van der Waals surface area contributed by atoms with E-state index in [1.807, 2.05) is 6.92 Å². The van der Waals surface area contributed by atoms with Crippen molar-refractivity contribution < 1.29 is 32.7 Å². The third kappa shape index (κ3) is 11.1. The molecule has 1 saturated heterocycles. The summed E-state index contributed by atoms with van der Waals surface area (Å²) in [6.45, 7) is 35.5. The Hall–Kier alpha value is -2.21. The summed E-state index contributed by atoms with van der Waals surface area (Å²) in [5.41, 5.74) is 3.39. The lowest BCUT2D eigenvalue weighted by molar-refractivity contribution is -0.164. The van der Waals surface area contributed by atoms with E-state index in [1.165, 1.54) is 5.57 Å². The molecule has 1 fully saturated rings. The van der Waals surface area contributed by atoms with Crippen LogP contribution in [0.15, 0.2) is 42.0 Å². The predicted octanol–water partition coefficient (Wildman–Crippen LogP) is 12.0. The van der Waals surface area contributed by atoms with Crippen LogP contribution < -0.4 is 4.74 Å². The first-order valence-corrected chi connectivity index (χ1v) is 27.1. The Bertz CT molecular complexity index is 1520. The van der Waals surface area contributed by atoms with Crippen LogP contribution in [0.2, 0.25) is 36.3 Å².